The van der Waals surface area contributed by atoms with Gasteiger partial charge >= 0.3 is 0 Å². The largest absolute Gasteiger partial charge is 0.503 e. The van der Waals surface area contributed by atoms with E-state index in [1.54, 1.807) is 12.1 Å². The van der Waals surface area contributed by atoms with Gasteiger partial charge in [0.25, 0.3) is 0 Å². The minimum atomic E-state index is -0.0424. The first kappa shape index (κ1) is 13.2. The van der Waals surface area contributed by atoms with Gasteiger partial charge in [-0.2, -0.15) is 0 Å². The molecular weight excluding hydrogens is 268 g/mol. The van der Waals surface area contributed by atoms with Crippen molar-refractivity contribution in [1.29, 1.82) is 0 Å². The highest BCUT2D eigenvalue weighted by molar-refractivity contribution is 5.83. The normalized spacial score (nSPS) is 10.5. The van der Waals surface area contributed by atoms with E-state index in [0.29, 0.717) is 29.3 Å². The summed E-state index contributed by atoms with van der Waals surface area (Å²) in [6, 6.07) is 13.2. The average Bonchev–Trinajstić information content (AvgIpc) is 2.54. The van der Waals surface area contributed by atoms with Crippen molar-refractivity contribution in [2.24, 2.45) is 0 Å². The first-order chi connectivity index (χ1) is 10.3. The minimum absolute atomic E-state index is 0.0424. The van der Waals surface area contributed by atoms with Crippen molar-refractivity contribution in [2.75, 3.05) is 7.11 Å². The number of methoxy groups -OCH3 is 1. The van der Waals surface area contributed by atoms with Crippen molar-refractivity contribution in [3.63, 3.8) is 0 Å². The van der Waals surface area contributed by atoms with Gasteiger partial charge in [-0.3, -0.25) is 4.98 Å². The zero-order valence-electron chi connectivity index (χ0n) is 11.5. The monoisotopic (exact) mass is 282 g/mol. The van der Waals surface area contributed by atoms with Gasteiger partial charge in [0.2, 0.25) is 5.88 Å². The summed E-state index contributed by atoms with van der Waals surface area (Å²) >= 11 is 0. The lowest BCUT2D eigenvalue weighted by atomic mass is 10.2. The molecule has 21 heavy (non-hydrogen) atoms. The van der Waals surface area contributed by atoms with E-state index < -0.39 is 0 Å². The number of hydrogen-bond acceptors (Lipinski definition) is 5. The van der Waals surface area contributed by atoms with Crippen LogP contribution >= 0.6 is 0 Å². The van der Waals surface area contributed by atoms with E-state index in [2.05, 4.69) is 9.97 Å². The van der Waals surface area contributed by atoms with Gasteiger partial charge in [0.15, 0.2) is 11.5 Å². The molecule has 0 fully saturated rings. The van der Waals surface area contributed by atoms with E-state index in [9.17, 15) is 5.11 Å². The number of rotatable bonds is 4. The highest BCUT2D eigenvalue weighted by atomic mass is 16.5. The van der Waals surface area contributed by atoms with Gasteiger partial charge in [-0.15, -0.1) is 0 Å². The quantitative estimate of drug-likeness (QED) is 0.797. The van der Waals surface area contributed by atoms with E-state index in [-0.39, 0.29) is 5.75 Å². The van der Waals surface area contributed by atoms with Gasteiger partial charge in [0, 0.05) is 6.07 Å². The number of ether oxygens (including phenoxy) is 2. The molecule has 0 spiro atoms. The third-order valence-electron chi connectivity index (χ3n) is 3.06. The molecule has 0 unspecified atom stereocenters. The second-order valence-corrected chi connectivity index (χ2v) is 4.47. The van der Waals surface area contributed by atoms with Crippen LogP contribution in [0.4, 0.5) is 0 Å². The van der Waals surface area contributed by atoms with E-state index in [4.69, 9.17) is 9.47 Å². The summed E-state index contributed by atoms with van der Waals surface area (Å²) in [6.45, 7) is 0.340. The first-order valence-corrected chi connectivity index (χ1v) is 6.47. The van der Waals surface area contributed by atoms with Gasteiger partial charge < -0.3 is 14.6 Å². The Balaban J connectivity index is 1.98. The number of aromatic nitrogens is 2. The lowest BCUT2D eigenvalue weighted by Crippen LogP contribution is -1.98. The Morgan fingerprint density at radius 1 is 1.10 bits per heavy atom. The Hall–Kier alpha value is -2.82. The number of nitrogens with zero attached hydrogens (tertiary/aromatic N) is 2. The molecule has 0 aliphatic carbocycles. The Morgan fingerprint density at radius 2 is 1.90 bits per heavy atom. The van der Waals surface area contributed by atoms with Crippen molar-refractivity contribution >= 4 is 11.0 Å². The van der Waals surface area contributed by atoms with Crippen molar-refractivity contribution in [3.05, 3.63) is 54.2 Å². The lowest BCUT2D eigenvalue weighted by Gasteiger charge is -2.10. The fourth-order valence-electron chi connectivity index (χ4n) is 2.00. The summed E-state index contributed by atoms with van der Waals surface area (Å²) in [5, 5.41) is 9.98. The van der Waals surface area contributed by atoms with Gasteiger partial charge in [-0.1, -0.05) is 30.3 Å². The van der Waals surface area contributed by atoms with Crippen LogP contribution in [-0.2, 0) is 6.61 Å². The number of aromatic hydroxyl groups is 1. The van der Waals surface area contributed by atoms with Gasteiger partial charge in [0.05, 0.1) is 18.8 Å². The Kier molecular flexibility index (Phi) is 3.55. The molecule has 3 rings (SSSR count). The molecule has 2 heterocycles. The van der Waals surface area contributed by atoms with E-state index in [1.807, 2.05) is 30.3 Å². The number of benzene rings is 1. The molecule has 0 radical (unpaired) electrons. The van der Waals surface area contributed by atoms with Gasteiger partial charge in [-0.05, 0) is 11.6 Å². The molecular formula is C16H14N2O3. The topological polar surface area (TPSA) is 64.5 Å². The Labute approximate surface area is 121 Å². The fraction of sp³-hybridized carbons (Fsp3) is 0.125. The van der Waals surface area contributed by atoms with Crippen LogP contribution in [0.25, 0.3) is 11.0 Å². The van der Waals surface area contributed by atoms with Crippen LogP contribution < -0.4 is 9.47 Å². The maximum absolute atomic E-state index is 9.98. The molecule has 0 amide bonds. The fourth-order valence-corrected chi connectivity index (χ4v) is 2.00. The second-order valence-electron chi connectivity index (χ2n) is 4.47. The third kappa shape index (κ3) is 2.72. The van der Waals surface area contributed by atoms with Crippen LogP contribution in [0.1, 0.15) is 5.56 Å². The predicted octanol–water partition coefficient (Wildman–Crippen LogP) is 2.92. The summed E-state index contributed by atoms with van der Waals surface area (Å²) in [5.41, 5.74) is 2.12. The summed E-state index contributed by atoms with van der Waals surface area (Å²) in [6.07, 6.45) is 1.36. The van der Waals surface area contributed by atoms with Crippen LogP contribution in [0.3, 0.4) is 0 Å². The van der Waals surface area contributed by atoms with E-state index in [1.165, 1.54) is 13.3 Å². The predicted molar refractivity (Wildman–Crippen MR) is 78.5 cm³/mol. The van der Waals surface area contributed by atoms with Gasteiger partial charge in [0.1, 0.15) is 12.1 Å². The average molecular weight is 282 g/mol. The van der Waals surface area contributed by atoms with Crippen molar-refractivity contribution in [3.8, 4) is 17.4 Å². The standard InChI is InChI=1S/C16H14N2O3/c1-20-14-8-7-12-15(18-14)16(13(19)9-17-12)21-10-11-5-3-2-4-6-11/h2-9,19H,10H2,1H3. The van der Waals surface area contributed by atoms with Crippen LogP contribution in [-0.4, -0.2) is 22.2 Å². The zero-order valence-corrected chi connectivity index (χ0v) is 11.5. The molecule has 1 aromatic carbocycles. The lowest BCUT2D eigenvalue weighted by molar-refractivity contribution is 0.291. The maximum Gasteiger partial charge on any atom is 0.213 e. The van der Waals surface area contributed by atoms with E-state index in [0.717, 1.165) is 5.56 Å². The third-order valence-corrected chi connectivity index (χ3v) is 3.06. The summed E-state index contributed by atoms with van der Waals surface area (Å²) < 4.78 is 10.8. The second kappa shape index (κ2) is 5.66. The SMILES string of the molecule is COc1ccc2ncc(O)c(OCc3ccccc3)c2n1. The molecule has 5 heteroatoms. The van der Waals surface area contributed by atoms with Crippen molar-refractivity contribution in [1.82, 2.24) is 9.97 Å². The molecule has 0 saturated carbocycles. The molecule has 5 nitrogen and oxygen atoms in total. The minimum Gasteiger partial charge on any atom is -0.503 e. The highest BCUT2D eigenvalue weighted by Crippen LogP contribution is 2.33. The molecule has 3 aromatic rings. The molecule has 0 bridgehead atoms. The zero-order chi connectivity index (χ0) is 14.7. The summed E-state index contributed by atoms with van der Waals surface area (Å²) in [5.74, 6) is 0.710. The van der Waals surface area contributed by atoms with Crippen molar-refractivity contribution in [2.45, 2.75) is 6.61 Å². The molecule has 2 aromatic heterocycles. The number of pyridine rings is 2. The Bertz CT molecular complexity index is 760. The van der Waals surface area contributed by atoms with E-state index >= 15 is 0 Å². The maximum atomic E-state index is 9.98. The van der Waals surface area contributed by atoms with Crippen molar-refractivity contribution < 1.29 is 14.6 Å². The van der Waals surface area contributed by atoms with Crippen LogP contribution in [0, 0.1) is 0 Å². The number of hydrogen-bond donors (Lipinski definition) is 1. The molecule has 106 valence electrons. The smallest absolute Gasteiger partial charge is 0.213 e. The number of fused-ring (bicyclic) bond motifs is 1. The first-order valence-electron chi connectivity index (χ1n) is 6.47. The van der Waals surface area contributed by atoms with Crippen LogP contribution in [0.5, 0.6) is 17.4 Å². The molecule has 0 aliphatic rings. The molecule has 1 N–H and O–H groups in total. The van der Waals surface area contributed by atoms with Crippen LogP contribution in [0.15, 0.2) is 48.7 Å². The van der Waals surface area contributed by atoms with Gasteiger partial charge in [-0.25, -0.2) is 4.98 Å². The highest BCUT2D eigenvalue weighted by Gasteiger charge is 2.12. The Morgan fingerprint density at radius 3 is 2.67 bits per heavy atom. The molecule has 0 aliphatic heterocycles. The summed E-state index contributed by atoms with van der Waals surface area (Å²) in [4.78, 5) is 8.42. The van der Waals surface area contributed by atoms with Crippen LogP contribution in [0.2, 0.25) is 0 Å². The summed E-state index contributed by atoms with van der Waals surface area (Å²) in [7, 11) is 1.54. The molecule has 0 saturated heterocycles. The molecule has 0 atom stereocenters.